The van der Waals surface area contributed by atoms with Crippen LogP contribution in [0.15, 0.2) is 36.5 Å². The topological polar surface area (TPSA) is 115 Å². The number of anilines is 1. The van der Waals surface area contributed by atoms with Gasteiger partial charge in [0.1, 0.15) is 12.2 Å². The van der Waals surface area contributed by atoms with Gasteiger partial charge in [-0.05, 0) is 56.2 Å². The van der Waals surface area contributed by atoms with Crippen LogP contribution < -0.4 is 10.6 Å². The molecule has 0 unspecified atom stereocenters. The molecule has 0 aliphatic rings. The molecular formula is C22H22ClN5O4. The summed E-state index contributed by atoms with van der Waals surface area (Å²) in [6.07, 6.45) is 1.55. The zero-order chi connectivity index (χ0) is 23.4. The number of nitrogens with one attached hydrogen (secondary N) is 2. The van der Waals surface area contributed by atoms with Crippen LogP contribution >= 0.6 is 11.6 Å². The van der Waals surface area contributed by atoms with Gasteiger partial charge in [0.25, 0.3) is 11.8 Å². The van der Waals surface area contributed by atoms with E-state index in [1.54, 1.807) is 44.3 Å². The van der Waals surface area contributed by atoms with Crippen LogP contribution in [0.1, 0.15) is 37.7 Å². The van der Waals surface area contributed by atoms with E-state index in [1.165, 1.54) is 11.8 Å². The van der Waals surface area contributed by atoms with E-state index in [-0.39, 0.29) is 17.8 Å². The van der Waals surface area contributed by atoms with Crippen molar-refractivity contribution in [3.63, 3.8) is 0 Å². The summed E-state index contributed by atoms with van der Waals surface area (Å²) in [5.74, 6) is -1.29. The Balaban J connectivity index is 1.96. The lowest BCUT2D eigenvalue weighted by Crippen LogP contribution is -2.31. The van der Waals surface area contributed by atoms with Crippen molar-refractivity contribution in [2.75, 3.05) is 19.0 Å². The highest BCUT2D eigenvalue weighted by molar-refractivity contribution is 6.32. The van der Waals surface area contributed by atoms with Crippen molar-refractivity contribution in [1.29, 1.82) is 0 Å². The third-order valence-electron chi connectivity index (χ3n) is 4.59. The first-order chi connectivity index (χ1) is 15.2. The number of pyridine rings is 1. The standard InChI is InChI=1S/C22H22ClN5O4/c1-12-8-13(2)19(15(9-12)21(30)25-11-18(29)32-4)26-22(31)17-10-14(3)27-28(17)20-16(23)6-5-7-24-20/h5-10H,11H2,1-4H3,(H,25,30)(H,26,31). The molecule has 0 saturated heterocycles. The lowest BCUT2D eigenvalue weighted by atomic mass is 10.0. The molecule has 3 aromatic rings. The first-order valence-corrected chi connectivity index (χ1v) is 10.0. The number of rotatable bonds is 6. The SMILES string of the molecule is COC(=O)CNC(=O)c1cc(C)cc(C)c1NC(=O)c1cc(C)nn1-c1ncccc1Cl. The number of aromatic nitrogens is 3. The zero-order valence-electron chi connectivity index (χ0n) is 18.0. The van der Waals surface area contributed by atoms with Gasteiger partial charge >= 0.3 is 5.97 Å². The van der Waals surface area contributed by atoms with Gasteiger partial charge in [0, 0.05) is 6.20 Å². The molecule has 0 bridgehead atoms. The molecular weight excluding hydrogens is 434 g/mol. The predicted octanol–water partition coefficient (Wildman–Crippen LogP) is 3.00. The molecule has 0 atom stereocenters. The molecule has 2 N–H and O–H groups in total. The minimum absolute atomic E-state index is 0.198. The maximum absolute atomic E-state index is 13.2. The molecule has 0 radical (unpaired) electrons. The summed E-state index contributed by atoms with van der Waals surface area (Å²) >= 11 is 6.24. The first kappa shape index (κ1) is 23.0. The molecule has 2 amide bonds. The summed E-state index contributed by atoms with van der Waals surface area (Å²) in [5, 5.41) is 9.96. The molecule has 2 aromatic heterocycles. The summed E-state index contributed by atoms with van der Waals surface area (Å²) < 4.78 is 5.91. The van der Waals surface area contributed by atoms with Crippen LogP contribution in [0, 0.1) is 20.8 Å². The van der Waals surface area contributed by atoms with Crippen molar-refractivity contribution in [3.05, 3.63) is 69.6 Å². The molecule has 0 spiro atoms. The highest BCUT2D eigenvalue weighted by atomic mass is 35.5. The van der Waals surface area contributed by atoms with Crippen molar-refractivity contribution >= 4 is 35.1 Å². The minimum Gasteiger partial charge on any atom is -0.468 e. The number of amides is 2. The number of hydrogen-bond donors (Lipinski definition) is 2. The number of esters is 1. The van der Waals surface area contributed by atoms with E-state index < -0.39 is 17.8 Å². The summed E-state index contributed by atoms with van der Waals surface area (Å²) in [7, 11) is 1.23. The van der Waals surface area contributed by atoms with Crippen LogP contribution in [0.5, 0.6) is 0 Å². The van der Waals surface area contributed by atoms with Crippen molar-refractivity contribution < 1.29 is 19.1 Å². The number of carbonyl (C=O) groups is 3. The normalized spacial score (nSPS) is 10.5. The Morgan fingerprint density at radius 2 is 1.88 bits per heavy atom. The Morgan fingerprint density at radius 3 is 2.56 bits per heavy atom. The fourth-order valence-corrected chi connectivity index (χ4v) is 3.37. The van der Waals surface area contributed by atoms with Gasteiger partial charge in [-0.3, -0.25) is 14.4 Å². The molecule has 3 rings (SSSR count). The fourth-order valence-electron chi connectivity index (χ4n) is 3.17. The van der Waals surface area contributed by atoms with E-state index in [0.717, 1.165) is 5.56 Å². The van der Waals surface area contributed by atoms with Crippen molar-refractivity contribution in [1.82, 2.24) is 20.1 Å². The molecule has 9 nitrogen and oxygen atoms in total. The number of halogens is 1. The molecule has 10 heteroatoms. The van der Waals surface area contributed by atoms with Gasteiger partial charge in [0.05, 0.1) is 29.1 Å². The molecule has 0 aliphatic heterocycles. The van der Waals surface area contributed by atoms with E-state index in [2.05, 4.69) is 25.5 Å². The second kappa shape index (κ2) is 9.61. The number of ether oxygens (including phenoxy) is 1. The maximum atomic E-state index is 13.2. The van der Waals surface area contributed by atoms with Gasteiger partial charge in [-0.2, -0.15) is 5.10 Å². The summed E-state index contributed by atoms with van der Waals surface area (Å²) in [6, 6.07) is 8.40. The highest BCUT2D eigenvalue weighted by Crippen LogP contribution is 2.25. The molecule has 1 aromatic carbocycles. The van der Waals surface area contributed by atoms with E-state index >= 15 is 0 Å². The number of benzene rings is 1. The Morgan fingerprint density at radius 1 is 1.12 bits per heavy atom. The molecule has 2 heterocycles. The number of carbonyl (C=O) groups excluding carboxylic acids is 3. The Bertz CT molecular complexity index is 1210. The Hall–Kier alpha value is -3.72. The molecule has 0 fully saturated rings. The first-order valence-electron chi connectivity index (χ1n) is 9.66. The summed E-state index contributed by atoms with van der Waals surface area (Å²) in [4.78, 5) is 41.6. The summed E-state index contributed by atoms with van der Waals surface area (Å²) in [5.41, 5.74) is 2.83. The van der Waals surface area contributed by atoms with Crippen LogP contribution in [0.2, 0.25) is 5.02 Å². The molecule has 166 valence electrons. The smallest absolute Gasteiger partial charge is 0.325 e. The van der Waals surface area contributed by atoms with E-state index in [4.69, 9.17) is 11.6 Å². The van der Waals surface area contributed by atoms with Gasteiger partial charge in [-0.25, -0.2) is 9.67 Å². The fraction of sp³-hybridized carbons (Fsp3) is 0.227. The highest BCUT2D eigenvalue weighted by Gasteiger charge is 2.22. The van der Waals surface area contributed by atoms with Gasteiger partial charge in [-0.15, -0.1) is 0 Å². The van der Waals surface area contributed by atoms with Crippen molar-refractivity contribution in [2.45, 2.75) is 20.8 Å². The quantitative estimate of drug-likeness (QED) is 0.552. The van der Waals surface area contributed by atoms with Gasteiger partial charge in [-0.1, -0.05) is 17.7 Å². The van der Waals surface area contributed by atoms with E-state index in [9.17, 15) is 14.4 Å². The minimum atomic E-state index is -0.583. The van der Waals surface area contributed by atoms with Gasteiger partial charge < -0.3 is 15.4 Å². The summed E-state index contributed by atoms with van der Waals surface area (Å²) in [6.45, 7) is 5.06. The molecule has 0 aliphatic carbocycles. The maximum Gasteiger partial charge on any atom is 0.325 e. The van der Waals surface area contributed by atoms with Crippen LogP contribution in [0.3, 0.4) is 0 Å². The van der Waals surface area contributed by atoms with Crippen LogP contribution in [0.25, 0.3) is 5.82 Å². The number of hydrogen-bond acceptors (Lipinski definition) is 6. The number of methoxy groups -OCH3 is 1. The average Bonchev–Trinajstić information content (AvgIpc) is 3.15. The Kier molecular flexibility index (Phi) is 6.89. The monoisotopic (exact) mass is 455 g/mol. The third kappa shape index (κ3) is 4.94. The number of aryl methyl sites for hydroxylation is 3. The van der Waals surface area contributed by atoms with Crippen molar-refractivity contribution in [3.8, 4) is 5.82 Å². The Labute approximate surface area is 189 Å². The molecule has 32 heavy (non-hydrogen) atoms. The van der Waals surface area contributed by atoms with Crippen LogP contribution in [-0.2, 0) is 9.53 Å². The van der Waals surface area contributed by atoms with Crippen LogP contribution in [-0.4, -0.2) is 46.2 Å². The third-order valence-corrected chi connectivity index (χ3v) is 4.88. The second-order valence-corrected chi connectivity index (χ2v) is 7.52. The van der Waals surface area contributed by atoms with Crippen molar-refractivity contribution in [2.24, 2.45) is 0 Å². The molecule has 0 saturated carbocycles. The van der Waals surface area contributed by atoms with E-state index in [1.807, 2.05) is 13.0 Å². The second-order valence-electron chi connectivity index (χ2n) is 7.11. The van der Waals surface area contributed by atoms with Gasteiger partial charge in [0.2, 0.25) is 0 Å². The number of nitrogens with zero attached hydrogens (tertiary/aromatic N) is 3. The lowest BCUT2D eigenvalue weighted by Gasteiger charge is -2.15. The van der Waals surface area contributed by atoms with Crippen LogP contribution in [0.4, 0.5) is 5.69 Å². The largest absolute Gasteiger partial charge is 0.468 e. The van der Waals surface area contributed by atoms with Gasteiger partial charge in [0.15, 0.2) is 5.82 Å². The lowest BCUT2D eigenvalue weighted by molar-refractivity contribution is -0.139. The van der Waals surface area contributed by atoms with E-state index in [0.29, 0.717) is 27.8 Å². The average molecular weight is 456 g/mol. The zero-order valence-corrected chi connectivity index (χ0v) is 18.8. The predicted molar refractivity (Wildman–Crippen MR) is 119 cm³/mol.